The lowest BCUT2D eigenvalue weighted by Crippen LogP contribution is -2.39. The van der Waals surface area contributed by atoms with E-state index in [4.69, 9.17) is 0 Å². The van der Waals surface area contributed by atoms with Crippen molar-refractivity contribution in [2.75, 3.05) is 25.5 Å². The van der Waals surface area contributed by atoms with Crippen LogP contribution in [0, 0.1) is 17.5 Å². The van der Waals surface area contributed by atoms with Crippen LogP contribution in [-0.4, -0.2) is 36.9 Å². The number of nitrogens with one attached hydrogen (secondary N) is 2. The first-order chi connectivity index (χ1) is 12.3. The molecule has 0 saturated carbocycles. The summed E-state index contributed by atoms with van der Waals surface area (Å²) < 4.78 is 39.5. The summed E-state index contributed by atoms with van der Waals surface area (Å²) in [6.45, 7) is 1.60. The van der Waals surface area contributed by atoms with E-state index in [1.54, 1.807) is 18.4 Å². The molecule has 0 aliphatic heterocycles. The van der Waals surface area contributed by atoms with Crippen molar-refractivity contribution in [1.29, 1.82) is 0 Å². The fraction of sp³-hybridized carbons (Fsp3) is 0.294. The number of likely N-dealkylation sites (N-methyl/N-ethyl adjacent to an activating group) is 1. The van der Waals surface area contributed by atoms with Gasteiger partial charge in [-0.3, -0.25) is 14.5 Å². The van der Waals surface area contributed by atoms with Crippen molar-refractivity contribution in [3.8, 4) is 0 Å². The van der Waals surface area contributed by atoms with Crippen LogP contribution >= 0.6 is 11.3 Å². The van der Waals surface area contributed by atoms with Gasteiger partial charge in [0.2, 0.25) is 11.8 Å². The quantitative estimate of drug-likeness (QED) is 0.721. The number of hydrogen-bond acceptors (Lipinski definition) is 4. The smallest absolute Gasteiger partial charge is 0.243 e. The maximum absolute atomic E-state index is 13.5. The molecular formula is C17H18F3N3O2S. The van der Waals surface area contributed by atoms with Gasteiger partial charge in [0, 0.05) is 10.9 Å². The van der Waals surface area contributed by atoms with E-state index in [1.807, 2.05) is 29.3 Å². The van der Waals surface area contributed by atoms with E-state index in [2.05, 4.69) is 10.6 Å². The number of thiophene rings is 1. The number of benzene rings is 1. The summed E-state index contributed by atoms with van der Waals surface area (Å²) in [6, 6.07) is 5.53. The Bertz CT molecular complexity index is 784. The monoisotopic (exact) mass is 385 g/mol. The highest BCUT2D eigenvalue weighted by Crippen LogP contribution is 2.23. The van der Waals surface area contributed by atoms with Crippen LogP contribution in [0.3, 0.4) is 0 Å². The number of halogens is 3. The van der Waals surface area contributed by atoms with Gasteiger partial charge in [0.25, 0.3) is 0 Å². The van der Waals surface area contributed by atoms with Crippen molar-refractivity contribution in [3.05, 3.63) is 52.0 Å². The number of nitrogens with zero attached hydrogens (tertiary/aromatic N) is 1. The molecule has 0 radical (unpaired) electrons. The topological polar surface area (TPSA) is 61.4 Å². The average molecular weight is 385 g/mol. The molecule has 9 heteroatoms. The molecule has 0 aliphatic carbocycles. The van der Waals surface area contributed by atoms with Crippen molar-refractivity contribution in [3.63, 3.8) is 0 Å². The summed E-state index contributed by atoms with van der Waals surface area (Å²) in [5, 5.41) is 6.43. The van der Waals surface area contributed by atoms with Crippen LogP contribution in [0.15, 0.2) is 29.6 Å². The molecule has 2 rings (SSSR count). The van der Waals surface area contributed by atoms with Crippen LogP contribution in [-0.2, 0) is 9.59 Å². The van der Waals surface area contributed by atoms with Crippen molar-refractivity contribution in [2.45, 2.75) is 13.0 Å². The van der Waals surface area contributed by atoms with Gasteiger partial charge in [-0.1, -0.05) is 6.07 Å². The normalized spacial score (nSPS) is 12.1. The minimum absolute atomic E-state index is 0.0332. The number of amides is 2. The van der Waals surface area contributed by atoms with E-state index in [1.165, 1.54) is 0 Å². The molecule has 1 heterocycles. The first kappa shape index (κ1) is 19.9. The third-order valence-corrected chi connectivity index (χ3v) is 4.81. The zero-order valence-corrected chi connectivity index (χ0v) is 15.0. The zero-order valence-electron chi connectivity index (χ0n) is 14.2. The predicted molar refractivity (Wildman–Crippen MR) is 93.3 cm³/mol. The minimum Gasteiger partial charge on any atom is -0.346 e. The molecule has 1 aromatic carbocycles. The van der Waals surface area contributed by atoms with E-state index >= 15 is 0 Å². The number of rotatable bonds is 7. The molecule has 1 atom stereocenters. The molecule has 5 nitrogen and oxygen atoms in total. The van der Waals surface area contributed by atoms with Gasteiger partial charge in [-0.2, -0.15) is 0 Å². The molecule has 1 aromatic heterocycles. The Hall–Kier alpha value is -2.39. The second-order valence-corrected chi connectivity index (χ2v) is 6.63. The summed E-state index contributed by atoms with van der Waals surface area (Å²) in [6.07, 6.45) is 0. The number of carbonyl (C=O) groups excluding carboxylic acids is 2. The molecular weight excluding hydrogens is 367 g/mol. The number of anilines is 1. The Morgan fingerprint density at radius 1 is 1.15 bits per heavy atom. The fourth-order valence-electron chi connectivity index (χ4n) is 2.16. The van der Waals surface area contributed by atoms with E-state index in [9.17, 15) is 22.8 Å². The minimum atomic E-state index is -1.67. The summed E-state index contributed by atoms with van der Waals surface area (Å²) in [5.74, 6) is -5.66. The van der Waals surface area contributed by atoms with Gasteiger partial charge in [0.1, 0.15) is 0 Å². The molecule has 0 saturated heterocycles. The summed E-state index contributed by atoms with van der Waals surface area (Å²) in [7, 11) is 1.78. The number of carbonyl (C=O) groups is 2. The van der Waals surface area contributed by atoms with Crippen LogP contribution < -0.4 is 10.6 Å². The molecule has 1 unspecified atom stereocenters. The van der Waals surface area contributed by atoms with E-state index in [-0.39, 0.29) is 12.6 Å². The SMILES string of the molecule is CC(c1cccs1)N(C)CC(=O)NCC(=O)Nc1ccc(F)c(F)c1F. The largest absolute Gasteiger partial charge is 0.346 e. The van der Waals surface area contributed by atoms with Crippen molar-refractivity contribution in [2.24, 2.45) is 0 Å². The van der Waals surface area contributed by atoms with Gasteiger partial charge in [-0.25, -0.2) is 13.2 Å². The average Bonchev–Trinajstić information content (AvgIpc) is 3.14. The Morgan fingerprint density at radius 3 is 2.54 bits per heavy atom. The maximum atomic E-state index is 13.5. The Kier molecular flexibility index (Phi) is 6.76. The lowest BCUT2D eigenvalue weighted by molar-refractivity contribution is -0.125. The highest BCUT2D eigenvalue weighted by Gasteiger charge is 2.17. The summed E-state index contributed by atoms with van der Waals surface area (Å²) >= 11 is 1.58. The van der Waals surface area contributed by atoms with Crippen molar-refractivity contribution in [1.82, 2.24) is 10.2 Å². The second kappa shape index (κ2) is 8.81. The van der Waals surface area contributed by atoms with Gasteiger partial charge in [0.05, 0.1) is 18.8 Å². The Balaban J connectivity index is 1.82. The molecule has 26 heavy (non-hydrogen) atoms. The molecule has 0 fully saturated rings. The van der Waals surface area contributed by atoms with Gasteiger partial charge in [-0.05, 0) is 37.6 Å². The van der Waals surface area contributed by atoms with Crippen LogP contribution in [0.2, 0.25) is 0 Å². The molecule has 0 bridgehead atoms. The van der Waals surface area contributed by atoms with Crippen LogP contribution in [0.4, 0.5) is 18.9 Å². The van der Waals surface area contributed by atoms with E-state index < -0.39 is 41.5 Å². The summed E-state index contributed by atoms with van der Waals surface area (Å²) in [4.78, 5) is 26.6. The molecule has 2 aromatic rings. The maximum Gasteiger partial charge on any atom is 0.243 e. The standard InChI is InChI=1S/C17H18F3N3O2S/c1-10(13-4-3-7-26-13)23(2)9-15(25)21-8-14(24)22-12-6-5-11(18)16(19)17(12)20/h3-7,10H,8-9H2,1-2H3,(H,21,25)(H,22,24). The first-order valence-electron chi connectivity index (χ1n) is 7.73. The highest BCUT2D eigenvalue weighted by molar-refractivity contribution is 7.10. The first-order valence-corrected chi connectivity index (χ1v) is 8.61. The van der Waals surface area contributed by atoms with E-state index in [0.29, 0.717) is 6.07 Å². The third kappa shape index (κ3) is 5.06. The Labute approximate surface area is 152 Å². The molecule has 0 aliphatic rings. The van der Waals surface area contributed by atoms with Gasteiger partial charge >= 0.3 is 0 Å². The van der Waals surface area contributed by atoms with Crippen molar-refractivity contribution < 1.29 is 22.8 Å². The fourth-order valence-corrected chi connectivity index (χ4v) is 3.01. The highest BCUT2D eigenvalue weighted by atomic mass is 32.1. The predicted octanol–water partition coefficient (Wildman–Crippen LogP) is 2.91. The summed E-state index contributed by atoms with van der Waals surface area (Å²) in [5.41, 5.74) is -0.494. The molecule has 0 spiro atoms. The number of hydrogen-bond donors (Lipinski definition) is 2. The molecule has 140 valence electrons. The Morgan fingerprint density at radius 2 is 1.88 bits per heavy atom. The third-order valence-electron chi connectivity index (χ3n) is 3.76. The van der Waals surface area contributed by atoms with Gasteiger partial charge in [0.15, 0.2) is 17.5 Å². The van der Waals surface area contributed by atoms with Crippen molar-refractivity contribution >= 4 is 28.8 Å². The molecule has 2 amide bonds. The lowest BCUT2D eigenvalue weighted by atomic mass is 10.2. The van der Waals surface area contributed by atoms with Gasteiger partial charge < -0.3 is 10.6 Å². The lowest BCUT2D eigenvalue weighted by Gasteiger charge is -2.23. The second-order valence-electron chi connectivity index (χ2n) is 5.65. The zero-order chi connectivity index (χ0) is 19.3. The van der Waals surface area contributed by atoms with E-state index in [0.717, 1.165) is 10.9 Å². The van der Waals surface area contributed by atoms with Crippen LogP contribution in [0.5, 0.6) is 0 Å². The van der Waals surface area contributed by atoms with Crippen LogP contribution in [0.1, 0.15) is 17.8 Å². The van der Waals surface area contributed by atoms with Crippen LogP contribution in [0.25, 0.3) is 0 Å². The van der Waals surface area contributed by atoms with Gasteiger partial charge in [-0.15, -0.1) is 11.3 Å². The molecule has 2 N–H and O–H groups in total.